The molecule has 0 spiro atoms. The number of carbonyl (C=O) groups is 1. The van der Waals surface area contributed by atoms with E-state index in [2.05, 4.69) is 27.9 Å². The van der Waals surface area contributed by atoms with Crippen LogP contribution in [0.4, 0.5) is 5.69 Å². The monoisotopic (exact) mass is 332 g/mol. The van der Waals surface area contributed by atoms with E-state index in [0.717, 1.165) is 9.26 Å². The van der Waals surface area contributed by atoms with E-state index in [0.29, 0.717) is 0 Å². The Morgan fingerprint density at radius 3 is 2.44 bits per heavy atom. The Morgan fingerprint density at radius 1 is 1.38 bits per heavy atom. The van der Waals surface area contributed by atoms with Crippen molar-refractivity contribution in [2.45, 2.75) is 26.8 Å². The Hall–Kier alpha value is -0.620. The van der Waals surface area contributed by atoms with E-state index in [1.54, 1.807) is 0 Å². The molecule has 0 aliphatic carbocycles. The van der Waals surface area contributed by atoms with Gasteiger partial charge in [-0.1, -0.05) is 32.9 Å². The average Bonchev–Trinajstić information content (AvgIpc) is 2.19. The van der Waals surface area contributed by atoms with Crippen LogP contribution >= 0.6 is 22.6 Å². The van der Waals surface area contributed by atoms with Gasteiger partial charge in [-0.15, -0.1) is 0 Å². The summed E-state index contributed by atoms with van der Waals surface area (Å²) in [6.45, 7) is 5.85. The minimum atomic E-state index is -0.511. The van der Waals surface area contributed by atoms with Gasteiger partial charge in [-0.3, -0.25) is 4.79 Å². The molecule has 0 bridgehead atoms. The third-order valence-electron chi connectivity index (χ3n) is 2.35. The maximum Gasteiger partial charge on any atom is 0.241 e. The molecule has 0 aromatic heterocycles. The van der Waals surface area contributed by atoms with Gasteiger partial charge in [0.25, 0.3) is 0 Å². The summed E-state index contributed by atoms with van der Waals surface area (Å²) >= 11 is 2.18. The van der Waals surface area contributed by atoms with E-state index in [1.165, 1.54) is 0 Å². The number of nitrogens with one attached hydrogen (secondary N) is 1. The third kappa shape index (κ3) is 3.45. The molecule has 1 rings (SSSR count). The van der Waals surface area contributed by atoms with E-state index in [9.17, 15) is 4.79 Å². The number of hydrogen-bond donors (Lipinski definition) is 2. The molecule has 0 heterocycles. The van der Waals surface area contributed by atoms with E-state index < -0.39 is 6.04 Å². The molecule has 0 saturated carbocycles. The Bertz CT molecular complexity index is 385. The number of halogens is 1. The van der Waals surface area contributed by atoms with Crippen LogP contribution in [0.2, 0.25) is 0 Å². The van der Waals surface area contributed by atoms with Crippen LogP contribution in [0.1, 0.15) is 20.8 Å². The fraction of sp³-hybridized carbons (Fsp3) is 0.417. The first kappa shape index (κ1) is 13.4. The quantitative estimate of drug-likeness (QED) is 0.818. The minimum Gasteiger partial charge on any atom is -0.324 e. The van der Waals surface area contributed by atoms with Gasteiger partial charge >= 0.3 is 0 Å². The highest BCUT2D eigenvalue weighted by Crippen LogP contribution is 2.21. The fourth-order valence-corrected chi connectivity index (χ4v) is 1.69. The van der Waals surface area contributed by atoms with Crippen LogP contribution in [-0.4, -0.2) is 11.9 Å². The molecule has 88 valence electrons. The van der Waals surface area contributed by atoms with E-state index in [-0.39, 0.29) is 11.3 Å². The van der Waals surface area contributed by atoms with Crippen LogP contribution in [0, 0.1) is 8.99 Å². The number of carbonyl (C=O) groups excluding carboxylic acids is 1. The van der Waals surface area contributed by atoms with Crippen molar-refractivity contribution >= 4 is 34.2 Å². The minimum absolute atomic E-state index is 0.142. The highest BCUT2D eigenvalue weighted by Gasteiger charge is 2.27. The van der Waals surface area contributed by atoms with Crippen LogP contribution < -0.4 is 11.1 Å². The zero-order valence-electron chi connectivity index (χ0n) is 9.75. The van der Waals surface area contributed by atoms with E-state index in [1.807, 2.05) is 45.0 Å². The van der Waals surface area contributed by atoms with Crippen molar-refractivity contribution in [3.05, 3.63) is 27.8 Å². The summed E-state index contributed by atoms with van der Waals surface area (Å²) < 4.78 is 1.01. The molecule has 0 fully saturated rings. The number of anilines is 1. The normalized spacial score (nSPS) is 13.3. The molecule has 0 aliphatic rings. The topological polar surface area (TPSA) is 55.1 Å². The summed E-state index contributed by atoms with van der Waals surface area (Å²) in [6.07, 6.45) is 0. The molecule has 1 amide bonds. The van der Waals surface area contributed by atoms with Crippen molar-refractivity contribution in [3.63, 3.8) is 0 Å². The first-order chi connectivity index (χ1) is 7.32. The van der Waals surface area contributed by atoms with E-state index in [4.69, 9.17) is 5.73 Å². The number of rotatable bonds is 2. The predicted octanol–water partition coefficient (Wildman–Crippen LogP) is 2.60. The van der Waals surface area contributed by atoms with Gasteiger partial charge in [-0.2, -0.15) is 0 Å². The molecule has 0 radical (unpaired) electrons. The van der Waals surface area contributed by atoms with Gasteiger partial charge in [0.05, 0.1) is 11.7 Å². The number of amides is 1. The standard InChI is InChI=1S/C12H17IN2O/c1-12(2,3)10(14)11(16)15-9-7-5-4-6-8(9)13/h4-7,10H,14H2,1-3H3,(H,15,16). The maximum atomic E-state index is 11.9. The summed E-state index contributed by atoms with van der Waals surface area (Å²) in [5.74, 6) is -0.142. The van der Waals surface area contributed by atoms with Crippen molar-refractivity contribution in [1.82, 2.24) is 0 Å². The summed E-state index contributed by atoms with van der Waals surface area (Å²) in [7, 11) is 0. The Labute approximate surface area is 110 Å². The molecule has 4 heteroatoms. The molecule has 1 aromatic carbocycles. The highest BCUT2D eigenvalue weighted by atomic mass is 127. The molecule has 3 N–H and O–H groups in total. The molecular weight excluding hydrogens is 315 g/mol. The second-order valence-electron chi connectivity index (χ2n) is 4.81. The van der Waals surface area contributed by atoms with Gasteiger partial charge in [0.1, 0.15) is 0 Å². The zero-order valence-corrected chi connectivity index (χ0v) is 11.9. The second kappa shape index (κ2) is 5.14. The third-order valence-corrected chi connectivity index (χ3v) is 3.29. The highest BCUT2D eigenvalue weighted by molar-refractivity contribution is 14.1. The number of nitrogens with two attached hydrogens (primary N) is 1. The number of para-hydroxylation sites is 1. The first-order valence-corrected chi connectivity index (χ1v) is 6.21. The molecule has 1 unspecified atom stereocenters. The van der Waals surface area contributed by atoms with Crippen LogP contribution in [0.15, 0.2) is 24.3 Å². The molecular formula is C12H17IN2O. The lowest BCUT2D eigenvalue weighted by Gasteiger charge is -2.26. The molecule has 1 atom stereocenters. The lowest BCUT2D eigenvalue weighted by molar-refractivity contribution is -0.119. The van der Waals surface area contributed by atoms with Gasteiger partial charge in [-0.05, 0) is 40.1 Å². The summed E-state index contributed by atoms with van der Waals surface area (Å²) in [6, 6.07) is 7.12. The lowest BCUT2D eigenvalue weighted by atomic mass is 9.87. The second-order valence-corrected chi connectivity index (χ2v) is 5.97. The van der Waals surface area contributed by atoms with Crippen molar-refractivity contribution in [3.8, 4) is 0 Å². The van der Waals surface area contributed by atoms with Gasteiger partial charge in [0.2, 0.25) is 5.91 Å². The van der Waals surface area contributed by atoms with Gasteiger partial charge < -0.3 is 11.1 Å². The fourth-order valence-electron chi connectivity index (χ4n) is 1.17. The Balaban J connectivity index is 2.76. The van der Waals surface area contributed by atoms with Crippen LogP contribution in [0.3, 0.4) is 0 Å². The first-order valence-electron chi connectivity index (χ1n) is 5.13. The van der Waals surface area contributed by atoms with Crippen molar-refractivity contribution in [2.24, 2.45) is 11.1 Å². The van der Waals surface area contributed by atoms with Crippen LogP contribution in [0.5, 0.6) is 0 Å². The summed E-state index contributed by atoms with van der Waals surface area (Å²) in [5, 5.41) is 2.85. The molecule has 16 heavy (non-hydrogen) atoms. The van der Waals surface area contributed by atoms with Crippen LogP contribution in [0.25, 0.3) is 0 Å². The molecule has 0 aliphatic heterocycles. The number of hydrogen-bond acceptors (Lipinski definition) is 2. The van der Waals surface area contributed by atoms with Crippen molar-refractivity contribution in [1.29, 1.82) is 0 Å². The smallest absolute Gasteiger partial charge is 0.241 e. The lowest BCUT2D eigenvalue weighted by Crippen LogP contribution is -2.45. The Kier molecular flexibility index (Phi) is 4.32. The maximum absolute atomic E-state index is 11.9. The SMILES string of the molecule is CC(C)(C)C(N)C(=O)Nc1ccccc1I. The zero-order chi connectivity index (χ0) is 12.3. The van der Waals surface area contributed by atoms with Crippen LogP contribution in [-0.2, 0) is 4.79 Å². The van der Waals surface area contributed by atoms with Gasteiger partial charge in [0, 0.05) is 3.57 Å². The molecule has 1 aromatic rings. The summed E-state index contributed by atoms with van der Waals surface area (Å²) in [4.78, 5) is 11.9. The molecule has 3 nitrogen and oxygen atoms in total. The van der Waals surface area contributed by atoms with Crippen molar-refractivity contribution in [2.75, 3.05) is 5.32 Å². The number of benzene rings is 1. The summed E-state index contributed by atoms with van der Waals surface area (Å²) in [5.41, 5.74) is 6.46. The van der Waals surface area contributed by atoms with E-state index >= 15 is 0 Å². The van der Waals surface area contributed by atoms with Gasteiger partial charge in [-0.25, -0.2) is 0 Å². The molecule has 0 saturated heterocycles. The average molecular weight is 332 g/mol. The predicted molar refractivity (Wildman–Crippen MR) is 75.2 cm³/mol. The van der Waals surface area contributed by atoms with Crippen molar-refractivity contribution < 1.29 is 4.79 Å². The van der Waals surface area contributed by atoms with Gasteiger partial charge in [0.15, 0.2) is 0 Å². The Morgan fingerprint density at radius 2 is 1.94 bits per heavy atom. The largest absolute Gasteiger partial charge is 0.324 e.